The van der Waals surface area contributed by atoms with Crippen molar-refractivity contribution < 1.29 is 18.7 Å². The Labute approximate surface area is 149 Å². The van der Waals surface area contributed by atoms with E-state index in [2.05, 4.69) is 28.2 Å². The average molecular weight is 396 g/mol. The van der Waals surface area contributed by atoms with E-state index in [4.69, 9.17) is 9.15 Å². The van der Waals surface area contributed by atoms with Gasteiger partial charge in [-0.2, -0.15) is 0 Å². The van der Waals surface area contributed by atoms with Crippen LogP contribution in [0.5, 0.6) is 0 Å². The number of halogens is 1. The number of rotatable bonds is 6. The molecule has 0 spiro atoms. The molecule has 3 rings (SSSR count). The molecule has 1 aromatic rings. The van der Waals surface area contributed by atoms with Gasteiger partial charge in [-0.25, -0.2) is 4.79 Å². The average Bonchev–Trinajstić information content (AvgIpc) is 3.27. The molecule has 2 bridgehead atoms. The number of esters is 1. The Morgan fingerprint density at radius 2 is 2.25 bits per heavy atom. The molecule has 1 N–H and O–H groups in total. The van der Waals surface area contributed by atoms with Crippen molar-refractivity contribution in [3.63, 3.8) is 0 Å². The van der Waals surface area contributed by atoms with Crippen LogP contribution in [0.25, 0.3) is 6.08 Å². The van der Waals surface area contributed by atoms with E-state index in [1.165, 1.54) is 37.8 Å². The van der Waals surface area contributed by atoms with Crippen LogP contribution in [-0.4, -0.2) is 24.5 Å². The van der Waals surface area contributed by atoms with Gasteiger partial charge in [0, 0.05) is 12.1 Å². The number of amides is 1. The lowest BCUT2D eigenvalue weighted by molar-refractivity contribution is -0.144. The topological polar surface area (TPSA) is 68.5 Å². The van der Waals surface area contributed by atoms with Gasteiger partial charge in [0.25, 0.3) is 5.91 Å². The van der Waals surface area contributed by atoms with Crippen LogP contribution in [0.1, 0.15) is 38.4 Å². The van der Waals surface area contributed by atoms with Crippen molar-refractivity contribution in [2.45, 2.75) is 38.6 Å². The van der Waals surface area contributed by atoms with E-state index < -0.39 is 5.97 Å². The van der Waals surface area contributed by atoms with Gasteiger partial charge in [-0.3, -0.25) is 4.79 Å². The zero-order valence-electron chi connectivity index (χ0n) is 13.7. The number of carbonyl (C=O) groups excluding carboxylic acids is 2. The minimum absolute atomic E-state index is 0.141. The summed E-state index contributed by atoms with van der Waals surface area (Å²) in [6, 6.07) is 3.59. The summed E-state index contributed by atoms with van der Waals surface area (Å²) in [4.78, 5) is 23.6. The molecule has 0 saturated heterocycles. The maximum absolute atomic E-state index is 12.0. The van der Waals surface area contributed by atoms with E-state index in [9.17, 15) is 9.59 Å². The predicted molar refractivity (Wildman–Crippen MR) is 92.9 cm³/mol. The third kappa shape index (κ3) is 4.29. The molecule has 5 nitrogen and oxygen atoms in total. The third-order valence-corrected chi connectivity index (χ3v) is 5.57. The summed E-state index contributed by atoms with van der Waals surface area (Å²) in [6.07, 6.45) is 7.91. The molecular weight excluding hydrogens is 374 g/mol. The van der Waals surface area contributed by atoms with Crippen molar-refractivity contribution in [2.24, 2.45) is 17.8 Å². The van der Waals surface area contributed by atoms with Crippen LogP contribution in [0.3, 0.4) is 0 Å². The van der Waals surface area contributed by atoms with Crippen LogP contribution in [0.4, 0.5) is 0 Å². The SMILES string of the molecule is CC(NC(=O)COC(=O)/C=C/c1ccc(Br)o1)C1CC2CCC1C2. The molecule has 130 valence electrons. The van der Waals surface area contributed by atoms with Crippen molar-refractivity contribution in [3.8, 4) is 0 Å². The highest BCUT2D eigenvalue weighted by Gasteiger charge is 2.42. The van der Waals surface area contributed by atoms with Crippen molar-refractivity contribution in [2.75, 3.05) is 6.61 Å². The fourth-order valence-corrected chi connectivity index (χ4v) is 4.38. The van der Waals surface area contributed by atoms with Gasteiger partial charge in [-0.15, -0.1) is 0 Å². The van der Waals surface area contributed by atoms with Gasteiger partial charge in [0.2, 0.25) is 0 Å². The van der Waals surface area contributed by atoms with Crippen molar-refractivity contribution in [1.82, 2.24) is 5.32 Å². The monoisotopic (exact) mass is 395 g/mol. The molecule has 0 aliphatic heterocycles. The Hall–Kier alpha value is -1.56. The highest BCUT2D eigenvalue weighted by Crippen LogP contribution is 2.49. The van der Waals surface area contributed by atoms with E-state index in [-0.39, 0.29) is 18.6 Å². The van der Waals surface area contributed by atoms with Crippen LogP contribution in [0.2, 0.25) is 0 Å². The number of hydrogen-bond acceptors (Lipinski definition) is 4. The lowest BCUT2D eigenvalue weighted by atomic mass is 9.84. The van der Waals surface area contributed by atoms with Crippen LogP contribution in [0.15, 0.2) is 27.3 Å². The van der Waals surface area contributed by atoms with E-state index in [1.54, 1.807) is 12.1 Å². The Bertz CT molecular complexity index is 639. The van der Waals surface area contributed by atoms with Crippen LogP contribution in [-0.2, 0) is 14.3 Å². The second kappa shape index (κ2) is 7.55. The molecule has 1 amide bonds. The van der Waals surface area contributed by atoms with Gasteiger partial charge in [0.1, 0.15) is 5.76 Å². The minimum Gasteiger partial charge on any atom is -0.452 e. The standard InChI is InChI=1S/C18H22BrNO4/c1-11(15-9-12-2-3-13(15)8-12)20-17(21)10-23-18(22)7-5-14-4-6-16(19)24-14/h4-7,11-13,15H,2-3,8-10H2,1H3,(H,20,21)/b7-5+. The van der Waals surface area contributed by atoms with E-state index in [1.807, 2.05) is 0 Å². The van der Waals surface area contributed by atoms with E-state index >= 15 is 0 Å². The zero-order valence-corrected chi connectivity index (χ0v) is 15.3. The number of ether oxygens (including phenoxy) is 1. The first-order valence-electron chi connectivity index (χ1n) is 8.41. The maximum atomic E-state index is 12.0. The Morgan fingerprint density at radius 3 is 2.88 bits per heavy atom. The summed E-state index contributed by atoms with van der Waals surface area (Å²) in [6.45, 7) is 1.80. The largest absolute Gasteiger partial charge is 0.452 e. The molecule has 2 fully saturated rings. The Kier molecular flexibility index (Phi) is 5.43. The molecule has 4 unspecified atom stereocenters. The van der Waals surface area contributed by atoms with Crippen LogP contribution < -0.4 is 5.32 Å². The molecule has 2 saturated carbocycles. The summed E-state index contributed by atoms with van der Waals surface area (Å²) in [5.74, 6) is 1.90. The smallest absolute Gasteiger partial charge is 0.331 e. The van der Waals surface area contributed by atoms with Crippen molar-refractivity contribution in [3.05, 3.63) is 28.6 Å². The molecule has 6 heteroatoms. The number of fused-ring (bicyclic) bond motifs is 2. The Balaban J connectivity index is 1.39. The summed E-state index contributed by atoms with van der Waals surface area (Å²) >= 11 is 3.18. The third-order valence-electron chi connectivity index (χ3n) is 5.15. The summed E-state index contributed by atoms with van der Waals surface area (Å²) in [7, 11) is 0. The first kappa shape index (κ1) is 17.3. The summed E-state index contributed by atoms with van der Waals surface area (Å²) in [5, 5.41) is 2.97. The fraction of sp³-hybridized carbons (Fsp3) is 0.556. The lowest BCUT2D eigenvalue weighted by Gasteiger charge is -2.28. The number of furan rings is 1. The predicted octanol–water partition coefficient (Wildman–Crippen LogP) is 3.54. The van der Waals surface area contributed by atoms with Crippen LogP contribution >= 0.6 is 15.9 Å². The summed E-state index contributed by atoms with van der Waals surface area (Å²) in [5.41, 5.74) is 0. The lowest BCUT2D eigenvalue weighted by Crippen LogP contribution is -2.41. The fourth-order valence-electron chi connectivity index (χ4n) is 4.06. The maximum Gasteiger partial charge on any atom is 0.331 e. The molecule has 4 atom stereocenters. The highest BCUT2D eigenvalue weighted by atomic mass is 79.9. The van der Waals surface area contributed by atoms with Gasteiger partial charge < -0.3 is 14.5 Å². The molecule has 2 aliphatic rings. The highest BCUT2D eigenvalue weighted by molar-refractivity contribution is 9.10. The first-order valence-corrected chi connectivity index (χ1v) is 9.20. The number of carbonyl (C=O) groups is 2. The molecule has 24 heavy (non-hydrogen) atoms. The molecule has 1 aromatic heterocycles. The van der Waals surface area contributed by atoms with E-state index in [0.29, 0.717) is 16.3 Å². The van der Waals surface area contributed by atoms with Gasteiger partial charge in [-0.05, 0) is 78.1 Å². The van der Waals surface area contributed by atoms with Gasteiger partial charge >= 0.3 is 5.97 Å². The molecule has 1 heterocycles. The second-order valence-corrected chi connectivity index (χ2v) is 7.56. The van der Waals surface area contributed by atoms with Crippen molar-refractivity contribution >= 4 is 33.9 Å². The van der Waals surface area contributed by atoms with Gasteiger partial charge in [-0.1, -0.05) is 6.42 Å². The second-order valence-electron chi connectivity index (χ2n) is 6.78. The van der Waals surface area contributed by atoms with E-state index in [0.717, 1.165) is 11.8 Å². The molecule has 0 aromatic carbocycles. The number of nitrogens with one attached hydrogen (secondary N) is 1. The first-order chi connectivity index (χ1) is 11.5. The molecular formula is C18H22BrNO4. The summed E-state index contributed by atoms with van der Waals surface area (Å²) < 4.78 is 10.8. The molecule has 0 radical (unpaired) electrons. The number of hydrogen-bond donors (Lipinski definition) is 1. The van der Waals surface area contributed by atoms with Crippen LogP contribution in [0, 0.1) is 17.8 Å². The minimum atomic E-state index is -0.565. The van der Waals surface area contributed by atoms with Gasteiger partial charge in [0.05, 0.1) is 0 Å². The molecule has 2 aliphatic carbocycles. The Morgan fingerprint density at radius 1 is 1.42 bits per heavy atom. The quantitative estimate of drug-likeness (QED) is 0.590. The normalized spacial score (nSPS) is 26.7. The van der Waals surface area contributed by atoms with Crippen molar-refractivity contribution in [1.29, 1.82) is 0 Å². The zero-order chi connectivity index (χ0) is 17.1. The van der Waals surface area contributed by atoms with Gasteiger partial charge in [0.15, 0.2) is 11.3 Å².